The quantitative estimate of drug-likeness (QED) is 0.593. The van der Waals surface area contributed by atoms with E-state index in [-0.39, 0.29) is 10.6 Å². The van der Waals surface area contributed by atoms with Gasteiger partial charge in [0.05, 0.1) is 10.5 Å². The van der Waals surface area contributed by atoms with Crippen LogP contribution in [0.1, 0.15) is 25.3 Å². The molecule has 1 aromatic rings. The smallest absolute Gasteiger partial charge is 0.278 e. The molecule has 1 heterocycles. The standard InChI is InChI=1S/C13H16N2O2/c1-2-5-11-6-7-12(10-13(11)15(16)17)14-8-3-4-9-14/h2,5-7,10H,3-4,8-9H2,1H3. The molecule has 4 nitrogen and oxygen atoms in total. The zero-order chi connectivity index (χ0) is 12.3. The van der Waals surface area contributed by atoms with Crippen LogP contribution in [0.4, 0.5) is 11.4 Å². The third kappa shape index (κ3) is 2.46. The van der Waals surface area contributed by atoms with Gasteiger partial charge in [0.25, 0.3) is 5.69 Å². The van der Waals surface area contributed by atoms with Gasteiger partial charge in [-0.2, -0.15) is 0 Å². The third-order valence-corrected chi connectivity index (χ3v) is 3.03. The van der Waals surface area contributed by atoms with Crippen molar-refractivity contribution >= 4 is 17.5 Å². The van der Waals surface area contributed by atoms with Crippen LogP contribution in [-0.2, 0) is 0 Å². The van der Waals surface area contributed by atoms with Crippen LogP contribution in [0.3, 0.4) is 0 Å². The molecule has 0 atom stereocenters. The topological polar surface area (TPSA) is 46.4 Å². The molecule has 0 N–H and O–H groups in total. The minimum atomic E-state index is -0.311. The summed E-state index contributed by atoms with van der Waals surface area (Å²) in [6.45, 7) is 3.86. The Labute approximate surface area is 101 Å². The summed E-state index contributed by atoms with van der Waals surface area (Å²) in [5, 5.41) is 11.0. The predicted molar refractivity (Wildman–Crippen MR) is 69.3 cm³/mol. The van der Waals surface area contributed by atoms with Crippen molar-refractivity contribution in [3.05, 3.63) is 40.0 Å². The molecule has 0 bridgehead atoms. The Morgan fingerprint density at radius 3 is 2.65 bits per heavy atom. The summed E-state index contributed by atoms with van der Waals surface area (Å²) in [4.78, 5) is 12.9. The van der Waals surface area contributed by atoms with E-state index in [9.17, 15) is 10.1 Å². The van der Waals surface area contributed by atoms with Crippen molar-refractivity contribution in [1.29, 1.82) is 0 Å². The minimum Gasteiger partial charge on any atom is -0.371 e. The molecule has 0 saturated carbocycles. The maximum atomic E-state index is 11.0. The zero-order valence-electron chi connectivity index (χ0n) is 9.93. The van der Waals surface area contributed by atoms with Gasteiger partial charge in [-0.25, -0.2) is 0 Å². The number of nitrogens with zero attached hydrogens (tertiary/aromatic N) is 2. The van der Waals surface area contributed by atoms with Crippen molar-refractivity contribution < 1.29 is 4.92 Å². The van der Waals surface area contributed by atoms with E-state index >= 15 is 0 Å². The maximum Gasteiger partial charge on any atom is 0.278 e. The molecule has 1 aliphatic rings. The molecule has 17 heavy (non-hydrogen) atoms. The largest absolute Gasteiger partial charge is 0.371 e. The Bertz CT molecular complexity index is 449. The highest BCUT2D eigenvalue weighted by atomic mass is 16.6. The van der Waals surface area contributed by atoms with Crippen LogP contribution in [0.5, 0.6) is 0 Å². The molecule has 1 aliphatic heterocycles. The van der Waals surface area contributed by atoms with Crippen molar-refractivity contribution in [2.24, 2.45) is 0 Å². The lowest BCUT2D eigenvalue weighted by atomic mass is 10.1. The SMILES string of the molecule is CC=Cc1ccc(N2CCCC2)cc1[N+](=O)[O-]. The average molecular weight is 232 g/mol. The van der Waals surface area contributed by atoms with Crippen LogP contribution in [-0.4, -0.2) is 18.0 Å². The first-order valence-corrected chi connectivity index (χ1v) is 5.88. The van der Waals surface area contributed by atoms with Crippen LogP contribution in [0.2, 0.25) is 0 Å². The van der Waals surface area contributed by atoms with Crippen molar-refractivity contribution in [1.82, 2.24) is 0 Å². The van der Waals surface area contributed by atoms with Crippen molar-refractivity contribution in [2.75, 3.05) is 18.0 Å². The summed E-state index contributed by atoms with van der Waals surface area (Å²) >= 11 is 0. The lowest BCUT2D eigenvalue weighted by Crippen LogP contribution is -2.17. The average Bonchev–Trinajstić information content (AvgIpc) is 2.83. The monoisotopic (exact) mass is 232 g/mol. The highest BCUT2D eigenvalue weighted by Gasteiger charge is 2.17. The molecule has 0 spiro atoms. The first-order chi connectivity index (χ1) is 8.22. The van der Waals surface area contributed by atoms with Gasteiger partial charge in [0, 0.05) is 24.8 Å². The first kappa shape index (κ1) is 11.6. The number of allylic oxidation sites excluding steroid dienone is 1. The molecule has 0 radical (unpaired) electrons. The Morgan fingerprint density at radius 1 is 1.35 bits per heavy atom. The number of nitro groups is 1. The van der Waals surface area contributed by atoms with E-state index in [1.54, 1.807) is 12.1 Å². The summed E-state index contributed by atoms with van der Waals surface area (Å²) in [5.41, 5.74) is 1.82. The number of hydrogen-bond donors (Lipinski definition) is 0. The number of benzene rings is 1. The molecular weight excluding hydrogens is 216 g/mol. The van der Waals surface area contributed by atoms with E-state index < -0.39 is 0 Å². The number of rotatable bonds is 3. The number of hydrogen-bond acceptors (Lipinski definition) is 3. The zero-order valence-corrected chi connectivity index (χ0v) is 9.93. The Balaban J connectivity index is 2.37. The number of nitro benzene ring substituents is 1. The normalized spacial score (nSPS) is 15.7. The molecule has 1 aromatic carbocycles. The van der Waals surface area contributed by atoms with Gasteiger partial charge in [0.15, 0.2) is 0 Å². The van der Waals surface area contributed by atoms with E-state index in [0.717, 1.165) is 18.8 Å². The predicted octanol–water partition coefficient (Wildman–Crippen LogP) is 3.23. The molecule has 4 heteroatoms. The Morgan fingerprint density at radius 2 is 2.06 bits per heavy atom. The summed E-state index contributed by atoms with van der Waals surface area (Å²) in [6, 6.07) is 5.47. The molecule has 1 saturated heterocycles. The lowest BCUT2D eigenvalue weighted by Gasteiger charge is -2.17. The second kappa shape index (κ2) is 4.99. The summed E-state index contributed by atoms with van der Waals surface area (Å²) < 4.78 is 0. The van der Waals surface area contributed by atoms with E-state index in [0.29, 0.717) is 5.56 Å². The van der Waals surface area contributed by atoms with Crippen LogP contribution in [0.25, 0.3) is 6.08 Å². The molecular formula is C13H16N2O2. The summed E-state index contributed by atoms with van der Waals surface area (Å²) in [7, 11) is 0. The van der Waals surface area contributed by atoms with Crippen LogP contribution >= 0.6 is 0 Å². The summed E-state index contributed by atoms with van der Waals surface area (Å²) in [6.07, 6.45) is 5.93. The maximum absolute atomic E-state index is 11.0. The molecule has 0 amide bonds. The van der Waals surface area contributed by atoms with Gasteiger partial charge in [-0.3, -0.25) is 10.1 Å². The third-order valence-electron chi connectivity index (χ3n) is 3.03. The van der Waals surface area contributed by atoms with Gasteiger partial charge in [0.2, 0.25) is 0 Å². The van der Waals surface area contributed by atoms with Gasteiger partial charge in [-0.15, -0.1) is 0 Å². The lowest BCUT2D eigenvalue weighted by molar-refractivity contribution is -0.385. The highest BCUT2D eigenvalue weighted by Crippen LogP contribution is 2.28. The van der Waals surface area contributed by atoms with Crippen LogP contribution in [0, 0.1) is 10.1 Å². The molecule has 0 aliphatic carbocycles. The van der Waals surface area contributed by atoms with Gasteiger partial charge in [-0.05, 0) is 31.9 Å². The summed E-state index contributed by atoms with van der Waals surface area (Å²) in [5.74, 6) is 0. The Hall–Kier alpha value is -1.84. The van der Waals surface area contributed by atoms with Crippen molar-refractivity contribution in [3.8, 4) is 0 Å². The van der Waals surface area contributed by atoms with E-state index in [4.69, 9.17) is 0 Å². The fourth-order valence-electron chi connectivity index (χ4n) is 2.18. The van der Waals surface area contributed by atoms with Crippen LogP contribution in [0.15, 0.2) is 24.3 Å². The van der Waals surface area contributed by atoms with Crippen molar-refractivity contribution in [3.63, 3.8) is 0 Å². The Kier molecular flexibility index (Phi) is 3.42. The fraction of sp³-hybridized carbons (Fsp3) is 0.385. The molecule has 0 aromatic heterocycles. The van der Waals surface area contributed by atoms with E-state index in [1.165, 1.54) is 12.8 Å². The van der Waals surface area contributed by atoms with Crippen molar-refractivity contribution in [2.45, 2.75) is 19.8 Å². The van der Waals surface area contributed by atoms with Crippen LogP contribution < -0.4 is 4.90 Å². The van der Waals surface area contributed by atoms with Gasteiger partial charge >= 0.3 is 0 Å². The fourth-order valence-corrected chi connectivity index (χ4v) is 2.18. The first-order valence-electron chi connectivity index (χ1n) is 5.88. The second-order valence-corrected chi connectivity index (χ2v) is 4.19. The highest BCUT2D eigenvalue weighted by molar-refractivity contribution is 5.66. The molecule has 0 unspecified atom stereocenters. The van der Waals surface area contributed by atoms with E-state index in [2.05, 4.69) is 4.90 Å². The van der Waals surface area contributed by atoms with Gasteiger partial charge in [0.1, 0.15) is 0 Å². The van der Waals surface area contributed by atoms with Gasteiger partial charge < -0.3 is 4.90 Å². The number of anilines is 1. The molecule has 90 valence electrons. The van der Waals surface area contributed by atoms with Gasteiger partial charge in [-0.1, -0.05) is 12.2 Å². The molecule has 1 fully saturated rings. The molecule has 2 rings (SSSR count). The van der Waals surface area contributed by atoms with E-state index in [1.807, 2.05) is 25.1 Å². The second-order valence-electron chi connectivity index (χ2n) is 4.19. The minimum absolute atomic E-state index is 0.188.